The Balaban J connectivity index is 1.83. The van der Waals surface area contributed by atoms with Gasteiger partial charge in [0.15, 0.2) is 6.17 Å². The van der Waals surface area contributed by atoms with Gasteiger partial charge in [-0.3, -0.25) is 14.7 Å². The lowest BCUT2D eigenvalue weighted by molar-refractivity contribution is 0.385. The Kier molecular flexibility index (Phi) is 5.09. The average molecular weight is 409 g/mol. The van der Waals surface area contributed by atoms with E-state index in [0.717, 1.165) is 0 Å². The molecule has 0 bridgehead atoms. The number of hydrogen-bond donors (Lipinski definition) is 2. The Morgan fingerprint density at radius 2 is 1.87 bits per heavy atom. The molecule has 1 aromatic heterocycles. The number of aromatic nitrogens is 2. The van der Waals surface area contributed by atoms with E-state index in [1.807, 2.05) is 0 Å². The van der Waals surface area contributed by atoms with Crippen molar-refractivity contribution in [1.29, 1.82) is 0 Å². The first-order valence-electron chi connectivity index (χ1n) is 9.18. The van der Waals surface area contributed by atoms with Gasteiger partial charge in [-0.1, -0.05) is 0 Å². The van der Waals surface area contributed by atoms with E-state index in [0.29, 0.717) is 40.4 Å². The molecule has 154 valence electrons. The highest BCUT2D eigenvalue weighted by Crippen LogP contribution is 2.34. The molecule has 0 radical (unpaired) electrons. The van der Waals surface area contributed by atoms with Crippen molar-refractivity contribution in [3.05, 3.63) is 76.0 Å². The molecule has 0 saturated carbocycles. The van der Waals surface area contributed by atoms with E-state index < -0.39 is 6.17 Å². The van der Waals surface area contributed by atoms with Crippen molar-refractivity contribution in [1.82, 2.24) is 9.55 Å². The number of benzene rings is 2. The molecular formula is C21H20FN5O3. The SMILES string of the molecule is COc1ccc(C2N=C(Nc3ccc(F)cc3)Nc3nc(C)cc(=O)n32)c(OC)c1. The van der Waals surface area contributed by atoms with Crippen LogP contribution in [0.4, 0.5) is 16.0 Å². The summed E-state index contributed by atoms with van der Waals surface area (Å²) >= 11 is 0. The molecule has 0 saturated heterocycles. The molecule has 0 fully saturated rings. The zero-order valence-electron chi connectivity index (χ0n) is 16.6. The van der Waals surface area contributed by atoms with Crippen molar-refractivity contribution in [2.45, 2.75) is 13.1 Å². The third-order valence-electron chi connectivity index (χ3n) is 4.63. The van der Waals surface area contributed by atoms with E-state index in [1.165, 1.54) is 29.9 Å². The van der Waals surface area contributed by atoms with Crippen LogP contribution in [0.1, 0.15) is 17.4 Å². The third kappa shape index (κ3) is 3.69. The average Bonchev–Trinajstić information content (AvgIpc) is 2.74. The molecule has 1 unspecified atom stereocenters. The van der Waals surface area contributed by atoms with Crippen molar-refractivity contribution in [2.24, 2.45) is 4.99 Å². The molecule has 30 heavy (non-hydrogen) atoms. The van der Waals surface area contributed by atoms with E-state index in [1.54, 1.807) is 44.4 Å². The minimum absolute atomic E-state index is 0.252. The van der Waals surface area contributed by atoms with Crippen LogP contribution in [0.2, 0.25) is 0 Å². The molecule has 0 aliphatic carbocycles. The second kappa shape index (κ2) is 7.86. The Morgan fingerprint density at radius 1 is 1.10 bits per heavy atom. The number of hydrogen-bond acceptors (Lipinski definition) is 7. The number of guanidine groups is 1. The van der Waals surface area contributed by atoms with Crippen LogP contribution < -0.4 is 25.7 Å². The van der Waals surface area contributed by atoms with Crippen LogP contribution in [0.25, 0.3) is 0 Å². The van der Waals surface area contributed by atoms with Crippen molar-refractivity contribution in [3.8, 4) is 11.5 Å². The molecule has 1 atom stereocenters. The van der Waals surface area contributed by atoms with Gasteiger partial charge < -0.3 is 14.8 Å². The Hall–Kier alpha value is -3.88. The first kappa shape index (κ1) is 19.4. The monoisotopic (exact) mass is 409 g/mol. The first-order valence-corrected chi connectivity index (χ1v) is 9.18. The van der Waals surface area contributed by atoms with Crippen LogP contribution in [0.15, 0.2) is 58.3 Å². The lowest BCUT2D eigenvalue weighted by atomic mass is 10.1. The lowest BCUT2D eigenvalue weighted by Gasteiger charge is -2.28. The van der Waals surface area contributed by atoms with E-state index in [2.05, 4.69) is 20.6 Å². The normalized spacial score (nSPS) is 14.9. The van der Waals surface area contributed by atoms with E-state index in [4.69, 9.17) is 9.47 Å². The van der Waals surface area contributed by atoms with Gasteiger partial charge in [0.1, 0.15) is 17.3 Å². The number of aliphatic imine (C=N–C) groups is 1. The lowest BCUT2D eigenvalue weighted by Crippen LogP contribution is -2.37. The summed E-state index contributed by atoms with van der Waals surface area (Å²) in [6.45, 7) is 1.74. The number of rotatable bonds is 4. The molecule has 2 heterocycles. The number of ether oxygens (including phenoxy) is 2. The second-order valence-corrected chi connectivity index (χ2v) is 6.65. The number of halogens is 1. The summed E-state index contributed by atoms with van der Waals surface area (Å²) in [6, 6.07) is 12.6. The smallest absolute Gasteiger partial charge is 0.257 e. The summed E-state index contributed by atoms with van der Waals surface area (Å²) in [7, 11) is 3.10. The molecule has 2 N–H and O–H groups in total. The third-order valence-corrected chi connectivity index (χ3v) is 4.63. The fourth-order valence-electron chi connectivity index (χ4n) is 3.22. The van der Waals surface area contributed by atoms with Crippen molar-refractivity contribution in [2.75, 3.05) is 24.9 Å². The molecule has 3 aromatic rings. The molecular weight excluding hydrogens is 389 g/mol. The van der Waals surface area contributed by atoms with Gasteiger partial charge >= 0.3 is 0 Å². The molecule has 0 amide bonds. The topological polar surface area (TPSA) is 89.8 Å². The summed E-state index contributed by atoms with van der Waals surface area (Å²) < 4.78 is 25.5. The van der Waals surface area contributed by atoms with Gasteiger partial charge in [-0.2, -0.15) is 0 Å². The van der Waals surface area contributed by atoms with Gasteiger partial charge in [-0.05, 0) is 43.3 Å². The van der Waals surface area contributed by atoms with E-state index >= 15 is 0 Å². The first-order chi connectivity index (χ1) is 14.5. The van der Waals surface area contributed by atoms with Crippen LogP contribution in [-0.4, -0.2) is 29.7 Å². The number of methoxy groups -OCH3 is 2. The number of anilines is 2. The van der Waals surface area contributed by atoms with E-state index in [9.17, 15) is 9.18 Å². The summed E-state index contributed by atoms with van der Waals surface area (Å²) in [4.78, 5) is 21.9. The van der Waals surface area contributed by atoms with Gasteiger partial charge in [0.25, 0.3) is 5.56 Å². The second-order valence-electron chi connectivity index (χ2n) is 6.65. The summed E-state index contributed by atoms with van der Waals surface area (Å²) in [6.07, 6.45) is -0.731. The van der Waals surface area contributed by atoms with Crippen LogP contribution in [-0.2, 0) is 0 Å². The minimum atomic E-state index is -0.731. The predicted molar refractivity (Wildman–Crippen MR) is 112 cm³/mol. The summed E-state index contributed by atoms with van der Waals surface area (Å²) in [5.74, 6) is 1.50. The fourth-order valence-corrected chi connectivity index (χ4v) is 3.22. The van der Waals surface area contributed by atoms with Crippen LogP contribution in [0.3, 0.4) is 0 Å². The Bertz CT molecular complexity index is 1170. The molecule has 4 rings (SSSR count). The van der Waals surface area contributed by atoms with Gasteiger partial charge in [0.2, 0.25) is 11.9 Å². The standard InChI is InChI=1S/C21H20FN5O3/c1-12-10-18(28)27-19(16-9-8-15(29-2)11-17(16)30-3)25-20(26-21(27)23-12)24-14-6-4-13(22)5-7-14/h4-11,19H,1-3H3,(H2,23,24,25,26). The number of fused-ring (bicyclic) bond motifs is 1. The predicted octanol–water partition coefficient (Wildman–Crippen LogP) is 3.15. The van der Waals surface area contributed by atoms with Crippen LogP contribution in [0.5, 0.6) is 11.5 Å². The zero-order valence-corrected chi connectivity index (χ0v) is 16.6. The van der Waals surface area contributed by atoms with Crippen molar-refractivity contribution in [3.63, 3.8) is 0 Å². The maximum Gasteiger partial charge on any atom is 0.257 e. The highest BCUT2D eigenvalue weighted by atomic mass is 19.1. The molecule has 2 aromatic carbocycles. The molecule has 1 aliphatic heterocycles. The van der Waals surface area contributed by atoms with Gasteiger partial charge in [0, 0.05) is 29.1 Å². The summed E-state index contributed by atoms with van der Waals surface area (Å²) in [5.41, 5.74) is 1.61. The number of aryl methyl sites for hydroxylation is 1. The van der Waals surface area contributed by atoms with Crippen molar-refractivity contribution >= 4 is 17.6 Å². The fraction of sp³-hybridized carbons (Fsp3) is 0.190. The molecule has 0 spiro atoms. The highest BCUT2D eigenvalue weighted by molar-refractivity contribution is 6.03. The van der Waals surface area contributed by atoms with Crippen molar-refractivity contribution < 1.29 is 13.9 Å². The van der Waals surface area contributed by atoms with Crippen LogP contribution >= 0.6 is 0 Å². The number of nitrogens with zero attached hydrogens (tertiary/aromatic N) is 3. The largest absolute Gasteiger partial charge is 0.497 e. The Morgan fingerprint density at radius 3 is 2.57 bits per heavy atom. The summed E-state index contributed by atoms with van der Waals surface area (Å²) in [5, 5.41) is 6.13. The highest BCUT2D eigenvalue weighted by Gasteiger charge is 2.27. The minimum Gasteiger partial charge on any atom is -0.497 e. The van der Waals surface area contributed by atoms with Crippen LogP contribution in [0, 0.1) is 12.7 Å². The van der Waals surface area contributed by atoms with Gasteiger partial charge in [0.05, 0.1) is 14.2 Å². The maximum absolute atomic E-state index is 13.2. The molecule has 8 nitrogen and oxygen atoms in total. The van der Waals surface area contributed by atoms with Gasteiger partial charge in [-0.25, -0.2) is 14.4 Å². The Labute approximate surface area is 172 Å². The molecule has 1 aliphatic rings. The zero-order chi connectivity index (χ0) is 21.3. The number of nitrogens with one attached hydrogen (secondary N) is 2. The quantitative estimate of drug-likeness (QED) is 0.688. The maximum atomic E-state index is 13.2. The molecule has 9 heteroatoms. The van der Waals surface area contributed by atoms with Gasteiger partial charge in [-0.15, -0.1) is 0 Å². The van der Waals surface area contributed by atoms with E-state index in [-0.39, 0.29) is 11.4 Å².